The molecule has 1 aliphatic rings. The molecule has 0 amide bonds. The number of phenolic OH excluding ortho intramolecular Hbond substituents is 1. The van der Waals surface area contributed by atoms with E-state index < -0.39 is 0 Å². The minimum absolute atomic E-state index is 0. The molecule has 1 fully saturated rings. The molecule has 122 valence electrons. The van der Waals surface area contributed by atoms with Crippen molar-refractivity contribution in [3.8, 4) is 5.75 Å². The molecule has 0 aromatic heterocycles. The molecule has 1 saturated heterocycles. The van der Waals surface area contributed by atoms with Crippen LogP contribution in [-0.4, -0.2) is 36.2 Å². The van der Waals surface area contributed by atoms with Gasteiger partial charge in [0, 0.05) is 37.8 Å². The number of piperazine rings is 1. The largest absolute Gasteiger partial charge is 0.506 e. The van der Waals surface area contributed by atoms with E-state index in [4.69, 9.17) is 23.2 Å². The van der Waals surface area contributed by atoms with Gasteiger partial charge in [0.05, 0.1) is 5.02 Å². The number of phenols is 1. The molecular formula is C14H22Cl4N2O. The first-order chi connectivity index (χ1) is 9.15. The van der Waals surface area contributed by atoms with Crippen LogP contribution in [0.3, 0.4) is 0 Å². The van der Waals surface area contributed by atoms with E-state index in [1.165, 1.54) is 0 Å². The third-order valence-electron chi connectivity index (χ3n) is 3.61. The van der Waals surface area contributed by atoms with Gasteiger partial charge in [-0.15, -0.1) is 24.8 Å². The van der Waals surface area contributed by atoms with Crippen LogP contribution in [0.15, 0.2) is 12.1 Å². The number of hydrogen-bond acceptors (Lipinski definition) is 3. The van der Waals surface area contributed by atoms with Crippen molar-refractivity contribution in [3.05, 3.63) is 27.7 Å². The van der Waals surface area contributed by atoms with Crippen LogP contribution in [0, 0.1) is 0 Å². The minimum Gasteiger partial charge on any atom is -0.506 e. The maximum absolute atomic E-state index is 10.2. The van der Waals surface area contributed by atoms with Crippen molar-refractivity contribution in [1.82, 2.24) is 10.2 Å². The number of benzene rings is 1. The zero-order chi connectivity index (χ0) is 13.8. The van der Waals surface area contributed by atoms with Gasteiger partial charge in [-0.25, -0.2) is 0 Å². The highest BCUT2D eigenvalue weighted by Gasteiger charge is 2.25. The van der Waals surface area contributed by atoms with Gasteiger partial charge in [-0.05, 0) is 12.5 Å². The van der Waals surface area contributed by atoms with E-state index in [1.54, 1.807) is 6.07 Å². The lowest BCUT2D eigenvalue weighted by atomic mass is 9.99. The first-order valence-electron chi connectivity index (χ1n) is 6.76. The predicted octanol–water partition coefficient (Wildman–Crippen LogP) is 4.29. The Morgan fingerprint density at radius 3 is 2.43 bits per heavy atom. The highest BCUT2D eigenvalue weighted by molar-refractivity contribution is 6.43. The van der Waals surface area contributed by atoms with Crippen LogP contribution in [0.1, 0.15) is 31.4 Å². The molecule has 1 atom stereocenters. The molecule has 0 spiro atoms. The topological polar surface area (TPSA) is 35.5 Å². The second-order valence-electron chi connectivity index (χ2n) is 4.89. The van der Waals surface area contributed by atoms with Crippen LogP contribution in [0.2, 0.25) is 10.0 Å². The van der Waals surface area contributed by atoms with Crippen LogP contribution in [0.5, 0.6) is 5.75 Å². The lowest BCUT2D eigenvalue weighted by Crippen LogP contribution is -2.45. The SMILES string of the molecule is CCC[C@H](c1ccc(Cl)c(Cl)c1O)N1CCNCC1.Cl.Cl. The molecule has 1 heterocycles. The van der Waals surface area contributed by atoms with Gasteiger partial charge in [-0.1, -0.05) is 42.6 Å². The van der Waals surface area contributed by atoms with Crippen LogP contribution >= 0.6 is 48.0 Å². The Bertz CT molecular complexity index is 439. The van der Waals surface area contributed by atoms with E-state index in [0.29, 0.717) is 5.02 Å². The number of nitrogens with zero attached hydrogens (tertiary/aromatic N) is 1. The molecule has 3 nitrogen and oxygen atoms in total. The van der Waals surface area contributed by atoms with E-state index >= 15 is 0 Å². The van der Waals surface area contributed by atoms with E-state index in [9.17, 15) is 5.11 Å². The second-order valence-corrected chi connectivity index (χ2v) is 5.67. The average Bonchev–Trinajstić information content (AvgIpc) is 2.44. The summed E-state index contributed by atoms with van der Waals surface area (Å²) in [6, 6.07) is 3.87. The van der Waals surface area contributed by atoms with Crippen molar-refractivity contribution in [2.75, 3.05) is 26.2 Å². The first-order valence-corrected chi connectivity index (χ1v) is 7.52. The molecule has 7 heteroatoms. The molecule has 0 radical (unpaired) electrons. The standard InChI is InChI=1S/C14H20Cl2N2O.2ClH/c1-2-3-12(18-8-6-17-7-9-18)10-4-5-11(15)13(16)14(10)19;;/h4-5,12,17,19H,2-3,6-9H2,1H3;2*1H/t12-;;/m1../s1. The fraction of sp³-hybridized carbons (Fsp3) is 0.571. The number of nitrogens with one attached hydrogen (secondary N) is 1. The Morgan fingerprint density at radius 1 is 1.24 bits per heavy atom. The third kappa shape index (κ3) is 5.05. The van der Waals surface area contributed by atoms with Crippen LogP contribution in [-0.2, 0) is 0 Å². The monoisotopic (exact) mass is 374 g/mol. The highest BCUT2D eigenvalue weighted by Crippen LogP contribution is 2.40. The summed E-state index contributed by atoms with van der Waals surface area (Å²) in [5, 5.41) is 14.3. The molecule has 0 unspecified atom stereocenters. The fourth-order valence-corrected chi connectivity index (χ4v) is 2.95. The van der Waals surface area contributed by atoms with Gasteiger partial charge in [-0.2, -0.15) is 0 Å². The van der Waals surface area contributed by atoms with Crippen molar-refractivity contribution in [1.29, 1.82) is 0 Å². The second kappa shape index (κ2) is 9.98. The van der Waals surface area contributed by atoms with Gasteiger partial charge in [0.2, 0.25) is 0 Å². The zero-order valence-corrected chi connectivity index (χ0v) is 15.1. The quantitative estimate of drug-likeness (QED) is 0.823. The molecule has 2 N–H and O–H groups in total. The molecule has 0 bridgehead atoms. The molecule has 0 saturated carbocycles. The van der Waals surface area contributed by atoms with Gasteiger partial charge >= 0.3 is 0 Å². The van der Waals surface area contributed by atoms with Crippen LogP contribution in [0.25, 0.3) is 0 Å². The van der Waals surface area contributed by atoms with Gasteiger partial charge in [0.1, 0.15) is 10.8 Å². The van der Waals surface area contributed by atoms with Crippen molar-refractivity contribution in [3.63, 3.8) is 0 Å². The first kappa shape index (κ1) is 21.1. The van der Waals surface area contributed by atoms with Gasteiger partial charge < -0.3 is 10.4 Å². The summed E-state index contributed by atoms with van der Waals surface area (Å²) >= 11 is 12.0. The van der Waals surface area contributed by atoms with Gasteiger partial charge in [0.25, 0.3) is 0 Å². The van der Waals surface area contributed by atoms with E-state index in [2.05, 4.69) is 17.1 Å². The molecule has 0 aliphatic carbocycles. The summed E-state index contributed by atoms with van der Waals surface area (Å²) in [5.74, 6) is 0.131. The van der Waals surface area contributed by atoms with Crippen molar-refractivity contribution >= 4 is 48.0 Å². The van der Waals surface area contributed by atoms with Crippen LogP contribution < -0.4 is 5.32 Å². The van der Waals surface area contributed by atoms with Gasteiger partial charge in [0.15, 0.2) is 0 Å². The summed E-state index contributed by atoms with van der Waals surface area (Å²) in [7, 11) is 0. The summed E-state index contributed by atoms with van der Waals surface area (Å²) < 4.78 is 0. The third-order valence-corrected chi connectivity index (χ3v) is 4.41. The Hall–Kier alpha value is 0.1000. The van der Waals surface area contributed by atoms with Crippen molar-refractivity contribution in [2.24, 2.45) is 0 Å². The number of aromatic hydroxyl groups is 1. The van der Waals surface area contributed by atoms with Crippen molar-refractivity contribution < 1.29 is 5.11 Å². The van der Waals surface area contributed by atoms with E-state index in [0.717, 1.165) is 44.6 Å². The Kier molecular flexibility index (Phi) is 10.0. The molecule has 1 aromatic rings. The Balaban J connectivity index is 0.00000200. The minimum atomic E-state index is 0. The molecule has 1 aromatic carbocycles. The van der Waals surface area contributed by atoms with Crippen LogP contribution in [0.4, 0.5) is 0 Å². The summed E-state index contributed by atoms with van der Waals surface area (Å²) in [4.78, 5) is 2.40. The Morgan fingerprint density at radius 2 is 1.86 bits per heavy atom. The maximum atomic E-state index is 10.2. The van der Waals surface area contributed by atoms with Crippen molar-refractivity contribution in [2.45, 2.75) is 25.8 Å². The molecule has 1 aliphatic heterocycles. The highest BCUT2D eigenvalue weighted by atomic mass is 35.5. The average molecular weight is 376 g/mol. The molecular weight excluding hydrogens is 354 g/mol. The summed E-state index contributed by atoms with van der Waals surface area (Å²) in [6.45, 7) is 6.11. The van der Waals surface area contributed by atoms with E-state index in [1.807, 2.05) is 6.07 Å². The smallest absolute Gasteiger partial charge is 0.140 e. The predicted molar refractivity (Wildman–Crippen MR) is 94.7 cm³/mol. The maximum Gasteiger partial charge on any atom is 0.140 e. The summed E-state index contributed by atoms with van der Waals surface area (Å²) in [5.41, 5.74) is 0.887. The fourth-order valence-electron chi connectivity index (χ4n) is 2.63. The number of rotatable bonds is 4. The number of halogens is 4. The lowest BCUT2D eigenvalue weighted by Gasteiger charge is -2.35. The van der Waals surface area contributed by atoms with Gasteiger partial charge in [-0.3, -0.25) is 4.90 Å². The number of hydrogen-bond donors (Lipinski definition) is 2. The normalized spacial score (nSPS) is 16.7. The van der Waals surface area contributed by atoms with E-state index in [-0.39, 0.29) is 41.6 Å². The summed E-state index contributed by atoms with van der Waals surface area (Å²) in [6.07, 6.45) is 2.07. The molecule has 21 heavy (non-hydrogen) atoms. The zero-order valence-electron chi connectivity index (χ0n) is 11.9. The molecule has 2 rings (SSSR count). The lowest BCUT2D eigenvalue weighted by molar-refractivity contribution is 0.162. The Labute approximate surface area is 148 Å².